The molecule has 0 N–H and O–H groups in total. The third-order valence-corrected chi connectivity index (χ3v) is 8.36. The van der Waals surface area contributed by atoms with Gasteiger partial charge in [0.15, 0.2) is 12.4 Å². The Bertz CT molecular complexity index is 1390. The molecule has 3 aromatic carbocycles. The molecule has 7 heteroatoms. The summed E-state index contributed by atoms with van der Waals surface area (Å²) in [6, 6.07) is 22.8. The van der Waals surface area contributed by atoms with Crippen molar-refractivity contribution < 1.29 is 23.9 Å². The van der Waals surface area contributed by atoms with E-state index < -0.39 is 12.6 Å². The third-order valence-electron chi connectivity index (χ3n) is 8.11. The van der Waals surface area contributed by atoms with Gasteiger partial charge >= 0.3 is 5.97 Å². The van der Waals surface area contributed by atoms with Crippen molar-refractivity contribution in [2.75, 3.05) is 11.5 Å². The Morgan fingerprint density at radius 2 is 1.46 bits per heavy atom. The van der Waals surface area contributed by atoms with Gasteiger partial charge in [0.25, 0.3) is 0 Å². The van der Waals surface area contributed by atoms with Gasteiger partial charge in [-0.3, -0.25) is 19.3 Å². The first-order valence-corrected chi connectivity index (χ1v) is 12.8. The Kier molecular flexibility index (Phi) is 5.92. The van der Waals surface area contributed by atoms with Crippen LogP contribution in [0, 0.1) is 23.7 Å². The maximum absolute atomic E-state index is 13.5. The van der Waals surface area contributed by atoms with Crippen molar-refractivity contribution in [2.24, 2.45) is 23.7 Å². The zero-order valence-electron chi connectivity index (χ0n) is 19.9. The fourth-order valence-corrected chi connectivity index (χ4v) is 6.60. The van der Waals surface area contributed by atoms with Crippen LogP contribution in [0.2, 0.25) is 5.02 Å². The molecule has 37 heavy (non-hydrogen) atoms. The number of benzene rings is 3. The minimum absolute atomic E-state index is 0.141. The largest absolute Gasteiger partial charge is 0.454 e. The van der Waals surface area contributed by atoms with E-state index >= 15 is 0 Å². The lowest BCUT2D eigenvalue weighted by Crippen LogP contribution is -2.33. The lowest BCUT2D eigenvalue weighted by molar-refractivity contribution is -0.123. The average molecular weight is 514 g/mol. The summed E-state index contributed by atoms with van der Waals surface area (Å²) in [5.74, 6) is -1.15. The molecule has 6 nitrogen and oxygen atoms in total. The summed E-state index contributed by atoms with van der Waals surface area (Å²) in [6.07, 6.45) is 1.85. The van der Waals surface area contributed by atoms with Crippen LogP contribution >= 0.6 is 11.6 Å². The molecule has 2 saturated carbocycles. The Balaban J connectivity index is 1.13. The summed E-state index contributed by atoms with van der Waals surface area (Å²) in [5.41, 5.74) is 2.32. The predicted molar refractivity (Wildman–Crippen MR) is 137 cm³/mol. The van der Waals surface area contributed by atoms with Crippen molar-refractivity contribution in [2.45, 2.75) is 18.8 Å². The number of ketones is 1. The topological polar surface area (TPSA) is 80.8 Å². The number of carbonyl (C=O) groups excluding carboxylic acids is 4. The number of Topliss-reactive ketones (excluding diaryl/α,β-unsaturated/α-hetero) is 1. The SMILES string of the molecule is O=C(COC(=O)c1ccc(N2C(=O)[C@@H]3[C@@H]4C[C@H]([C@H]3C2=O)[C@H](c2ccccc2)C4)cc1)c1ccc(Cl)cc1. The fourth-order valence-electron chi connectivity index (χ4n) is 6.48. The number of esters is 1. The van der Waals surface area contributed by atoms with E-state index in [2.05, 4.69) is 12.1 Å². The van der Waals surface area contributed by atoms with Gasteiger partial charge in [-0.25, -0.2) is 4.79 Å². The van der Waals surface area contributed by atoms with Crippen molar-refractivity contribution >= 4 is 40.9 Å². The molecular formula is C30H24ClNO5. The zero-order valence-corrected chi connectivity index (χ0v) is 20.6. The number of fused-ring (bicyclic) bond motifs is 5. The molecule has 3 aliphatic rings. The Hall–Kier alpha value is -3.77. The summed E-state index contributed by atoms with van der Waals surface area (Å²) in [7, 11) is 0. The van der Waals surface area contributed by atoms with Crippen LogP contribution in [0.1, 0.15) is 45.0 Å². The van der Waals surface area contributed by atoms with Crippen LogP contribution in [-0.4, -0.2) is 30.2 Å². The van der Waals surface area contributed by atoms with Crippen molar-refractivity contribution in [1.29, 1.82) is 0 Å². The monoisotopic (exact) mass is 513 g/mol. The molecule has 0 aromatic heterocycles. The highest BCUT2D eigenvalue weighted by atomic mass is 35.5. The first-order valence-electron chi connectivity index (χ1n) is 12.4. The summed E-state index contributed by atoms with van der Waals surface area (Å²) < 4.78 is 5.16. The molecular weight excluding hydrogens is 490 g/mol. The number of ether oxygens (including phenoxy) is 1. The molecule has 0 spiro atoms. The second kappa shape index (κ2) is 9.27. The molecule has 5 atom stereocenters. The molecule has 1 heterocycles. The van der Waals surface area contributed by atoms with Crippen molar-refractivity contribution in [1.82, 2.24) is 0 Å². The van der Waals surface area contributed by atoms with Crippen LogP contribution in [0.15, 0.2) is 78.9 Å². The number of nitrogens with zero attached hydrogens (tertiary/aromatic N) is 1. The van der Waals surface area contributed by atoms with Crippen LogP contribution in [0.4, 0.5) is 5.69 Å². The van der Waals surface area contributed by atoms with Crippen molar-refractivity contribution in [3.63, 3.8) is 0 Å². The predicted octanol–water partition coefficient (Wildman–Crippen LogP) is 5.31. The van der Waals surface area contributed by atoms with E-state index in [4.69, 9.17) is 16.3 Å². The van der Waals surface area contributed by atoms with Gasteiger partial charge in [-0.15, -0.1) is 0 Å². The first-order chi connectivity index (χ1) is 17.9. The van der Waals surface area contributed by atoms with E-state index in [9.17, 15) is 19.2 Å². The number of hydrogen-bond acceptors (Lipinski definition) is 5. The number of carbonyl (C=O) groups is 4. The van der Waals surface area contributed by atoms with E-state index in [0.717, 1.165) is 12.8 Å². The third kappa shape index (κ3) is 4.05. The van der Waals surface area contributed by atoms with Gasteiger partial charge in [-0.05, 0) is 84.7 Å². The summed E-state index contributed by atoms with van der Waals surface area (Å²) in [5, 5.41) is 0.510. The Morgan fingerprint density at radius 3 is 2.16 bits per heavy atom. The molecule has 3 aromatic rings. The molecule has 2 bridgehead atoms. The summed E-state index contributed by atoms with van der Waals surface area (Å²) in [4.78, 5) is 52.9. The molecule has 0 radical (unpaired) electrons. The molecule has 186 valence electrons. The van der Waals surface area contributed by atoms with Gasteiger partial charge in [0.05, 0.1) is 23.1 Å². The number of imide groups is 1. The van der Waals surface area contributed by atoms with Crippen LogP contribution in [0.3, 0.4) is 0 Å². The van der Waals surface area contributed by atoms with Crippen molar-refractivity contribution in [3.8, 4) is 0 Å². The van der Waals surface area contributed by atoms with Gasteiger partial charge in [-0.1, -0.05) is 41.9 Å². The number of halogens is 1. The summed E-state index contributed by atoms with van der Waals surface area (Å²) >= 11 is 5.84. The second-order valence-corrected chi connectivity index (χ2v) is 10.5. The molecule has 2 aliphatic carbocycles. The second-order valence-electron chi connectivity index (χ2n) is 10.0. The molecule has 2 amide bonds. The average Bonchev–Trinajstić information content (AvgIpc) is 3.59. The van der Waals surface area contributed by atoms with Gasteiger partial charge < -0.3 is 4.74 Å². The molecule has 3 fully saturated rings. The number of amides is 2. The van der Waals surface area contributed by atoms with E-state index in [-0.39, 0.29) is 46.8 Å². The van der Waals surface area contributed by atoms with Crippen LogP contribution < -0.4 is 4.90 Å². The fraction of sp³-hybridized carbons (Fsp3) is 0.267. The molecule has 0 unspecified atom stereocenters. The highest BCUT2D eigenvalue weighted by molar-refractivity contribution is 6.30. The van der Waals surface area contributed by atoms with Gasteiger partial charge in [-0.2, -0.15) is 0 Å². The normalized spacial score (nSPS) is 25.9. The summed E-state index contributed by atoms with van der Waals surface area (Å²) in [6.45, 7) is -0.403. The van der Waals surface area contributed by atoms with Crippen LogP contribution in [0.5, 0.6) is 0 Å². The highest BCUT2D eigenvalue weighted by Gasteiger charge is 2.64. The maximum atomic E-state index is 13.5. The Morgan fingerprint density at radius 1 is 0.811 bits per heavy atom. The smallest absolute Gasteiger partial charge is 0.338 e. The van der Waals surface area contributed by atoms with E-state index in [1.807, 2.05) is 18.2 Å². The zero-order chi connectivity index (χ0) is 25.7. The number of anilines is 1. The Labute approximate surface area is 219 Å². The lowest BCUT2D eigenvalue weighted by Gasteiger charge is -2.28. The van der Waals surface area contributed by atoms with Gasteiger partial charge in [0.2, 0.25) is 11.8 Å². The number of hydrogen-bond donors (Lipinski definition) is 0. The van der Waals surface area contributed by atoms with Crippen molar-refractivity contribution in [3.05, 3.63) is 101 Å². The van der Waals surface area contributed by atoms with E-state index in [1.54, 1.807) is 36.4 Å². The molecule has 1 aliphatic heterocycles. The number of rotatable bonds is 6. The molecule has 6 rings (SSSR count). The van der Waals surface area contributed by atoms with Gasteiger partial charge in [0.1, 0.15) is 0 Å². The van der Waals surface area contributed by atoms with Crippen LogP contribution in [0.25, 0.3) is 0 Å². The minimum Gasteiger partial charge on any atom is -0.454 e. The standard InChI is InChI=1S/C30H24ClNO5/c31-21-10-6-18(7-11-21)25(33)16-37-30(36)19-8-12-22(13-9-19)32-28(34)26-20-14-23(17-4-2-1-3-5-17)24(15-20)27(26)29(32)35/h1-13,20,23-24,26-27H,14-16H2/t20-,23-,24-,26+,27+/m0/s1. The lowest BCUT2D eigenvalue weighted by atomic mass is 9.73. The first kappa shape index (κ1) is 23.6. The molecule has 1 saturated heterocycles. The highest BCUT2D eigenvalue weighted by Crippen LogP contribution is 2.61. The van der Waals surface area contributed by atoms with Crippen LogP contribution in [-0.2, 0) is 14.3 Å². The maximum Gasteiger partial charge on any atom is 0.338 e. The van der Waals surface area contributed by atoms with E-state index in [1.165, 1.54) is 22.6 Å². The minimum atomic E-state index is -0.659. The van der Waals surface area contributed by atoms with Gasteiger partial charge in [0, 0.05) is 10.6 Å². The quantitative estimate of drug-likeness (QED) is 0.253. The van der Waals surface area contributed by atoms with E-state index in [0.29, 0.717) is 22.2 Å².